The third-order valence-electron chi connectivity index (χ3n) is 3.33. The Kier molecular flexibility index (Phi) is 4.93. The topological polar surface area (TPSA) is 84.7 Å². The van der Waals surface area contributed by atoms with Gasteiger partial charge in [0.1, 0.15) is 0 Å². The summed E-state index contributed by atoms with van der Waals surface area (Å²) in [5.74, 6) is -0.718. The molecule has 0 spiro atoms. The minimum absolute atomic E-state index is 0.111. The molecule has 0 unspecified atom stereocenters. The highest BCUT2D eigenvalue weighted by molar-refractivity contribution is 6.03. The van der Waals surface area contributed by atoms with Crippen molar-refractivity contribution >= 4 is 17.5 Å². The highest BCUT2D eigenvalue weighted by atomic mass is 16.5. The maximum absolute atomic E-state index is 12.1. The number of nitrogens with zero attached hydrogens (tertiary/aromatic N) is 1. The number of anilines is 1. The molecule has 6 heteroatoms. The first-order valence-corrected chi connectivity index (χ1v) is 7.02. The quantitative estimate of drug-likeness (QED) is 0.860. The first kappa shape index (κ1) is 15.5. The van der Waals surface area contributed by atoms with Crippen molar-refractivity contribution in [2.24, 2.45) is 5.73 Å². The van der Waals surface area contributed by atoms with Gasteiger partial charge in [-0.2, -0.15) is 0 Å². The van der Waals surface area contributed by atoms with Gasteiger partial charge in [-0.1, -0.05) is 12.1 Å². The second-order valence-corrected chi connectivity index (χ2v) is 5.41. The van der Waals surface area contributed by atoms with E-state index in [2.05, 4.69) is 5.32 Å². The van der Waals surface area contributed by atoms with Crippen LogP contribution in [0.25, 0.3) is 0 Å². The van der Waals surface area contributed by atoms with Crippen molar-refractivity contribution in [3.63, 3.8) is 0 Å². The van der Waals surface area contributed by atoms with Gasteiger partial charge in [-0.3, -0.25) is 14.5 Å². The third kappa shape index (κ3) is 4.27. The van der Waals surface area contributed by atoms with Crippen LogP contribution >= 0.6 is 0 Å². The number of morpholine rings is 1. The molecule has 2 atom stereocenters. The van der Waals surface area contributed by atoms with Crippen molar-refractivity contribution in [1.29, 1.82) is 0 Å². The first-order chi connectivity index (χ1) is 9.95. The fourth-order valence-corrected chi connectivity index (χ4v) is 2.61. The van der Waals surface area contributed by atoms with E-state index in [1.54, 1.807) is 24.3 Å². The number of nitrogens with two attached hydrogens (primary N) is 1. The van der Waals surface area contributed by atoms with Gasteiger partial charge >= 0.3 is 0 Å². The molecule has 6 nitrogen and oxygen atoms in total. The first-order valence-electron chi connectivity index (χ1n) is 7.02. The minimum Gasteiger partial charge on any atom is -0.373 e. The van der Waals surface area contributed by atoms with E-state index in [4.69, 9.17) is 10.5 Å². The van der Waals surface area contributed by atoms with Crippen molar-refractivity contribution in [3.05, 3.63) is 29.8 Å². The fourth-order valence-electron chi connectivity index (χ4n) is 2.61. The van der Waals surface area contributed by atoms with Crippen LogP contribution in [0.1, 0.15) is 24.2 Å². The zero-order valence-corrected chi connectivity index (χ0v) is 12.3. The molecule has 3 N–H and O–H groups in total. The number of ether oxygens (including phenoxy) is 1. The fraction of sp³-hybridized carbons (Fsp3) is 0.467. The molecule has 0 aromatic heterocycles. The Hall–Kier alpha value is -1.92. The van der Waals surface area contributed by atoms with E-state index in [0.717, 1.165) is 13.1 Å². The van der Waals surface area contributed by atoms with Crippen LogP contribution in [-0.4, -0.2) is 48.6 Å². The van der Waals surface area contributed by atoms with Crippen LogP contribution in [0, 0.1) is 0 Å². The Balaban J connectivity index is 1.97. The monoisotopic (exact) mass is 291 g/mol. The number of para-hydroxylation sites is 1. The predicted octanol–water partition coefficient (Wildman–Crippen LogP) is 0.833. The maximum Gasteiger partial charge on any atom is 0.250 e. The molecular formula is C15H21N3O3. The van der Waals surface area contributed by atoms with Crippen molar-refractivity contribution in [2.75, 3.05) is 25.0 Å². The molecule has 0 bridgehead atoms. The van der Waals surface area contributed by atoms with E-state index >= 15 is 0 Å². The Morgan fingerprint density at radius 2 is 1.90 bits per heavy atom. The predicted molar refractivity (Wildman–Crippen MR) is 80.0 cm³/mol. The zero-order valence-electron chi connectivity index (χ0n) is 12.3. The SMILES string of the molecule is C[C@@H]1CN(CC(=O)Nc2ccccc2C(N)=O)C[C@@H](C)O1. The molecule has 1 aromatic carbocycles. The van der Waals surface area contributed by atoms with Gasteiger partial charge in [-0.15, -0.1) is 0 Å². The number of carbonyl (C=O) groups is 2. The number of hydrogen-bond acceptors (Lipinski definition) is 4. The lowest BCUT2D eigenvalue weighted by Gasteiger charge is -2.34. The Bertz CT molecular complexity index is 523. The molecule has 1 fully saturated rings. The molecule has 1 saturated heterocycles. The second-order valence-electron chi connectivity index (χ2n) is 5.41. The number of rotatable bonds is 4. The van der Waals surface area contributed by atoms with Gasteiger partial charge in [0, 0.05) is 13.1 Å². The third-order valence-corrected chi connectivity index (χ3v) is 3.33. The lowest BCUT2D eigenvalue weighted by molar-refractivity contribution is -0.121. The van der Waals surface area contributed by atoms with Crippen molar-refractivity contribution in [2.45, 2.75) is 26.1 Å². The van der Waals surface area contributed by atoms with E-state index in [0.29, 0.717) is 11.3 Å². The number of benzene rings is 1. The van der Waals surface area contributed by atoms with E-state index < -0.39 is 5.91 Å². The zero-order chi connectivity index (χ0) is 15.4. The second kappa shape index (κ2) is 6.69. The molecule has 114 valence electrons. The van der Waals surface area contributed by atoms with Crippen LogP contribution < -0.4 is 11.1 Å². The van der Waals surface area contributed by atoms with Crippen LogP contribution in [0.2, 0.25) is 0 Å². The average molecular weight is 291 g/mol. The van der Waals surface area contributed by atoms with E-state index in [1.165, 1.54) is 0 Å². The molecule has 0 aliphatic carbocycles. The summed E-state index contributed by atoms with van der Waals surface area (Å²) in [6, 6.07) is 6.72. The molecule has 1 aliphatic heterocycles. The molecule has 1 heterocycles. The Labute approximate surface area is 124 Å². The lowest BCUT2D eigenvalue weighted by Crippen LogP contribution is -2.48. The summed E-state index contributed by atoms with van der Waals surface area (Å²) in [6.45, 7) is 5.68. The molecule has 0 saturated carbocycles. The van der Waals surface area contributed by atoms with Gasteiger partial charge in [0.15, 0.2) is 0 Å². The molecule has 1 aliphatic rings. The van der Waals surface area contributed by atoms with Crippen molar-refractivity contribution in [3.8, 4) is 0 Å². The van der Waals surface area contributed by atoms with Gasteiger partial charge in [-0.05, 0) is 26.0 Å². The molecule has 2 amide bonds. The lowest BCUT2D eigenvalue weighted by atomic mass is 10.1. The summed E-state index contributed by atoms with van der Waals surface area (Å²) in [7, 11) is 0. The standard InChI is InChI=1S/C15H21N3O3/c1-10-7-18(8-11(2)21-10)9-14(19)17-13-6-4-3-5-12(13)15(16)20/h3-6,10-11H,7-9H2,1-2H3,(H2,16,20)(H,17,19)/t10-,11-/m1/s1. The van der Waals surface area contributed by atoms with E-state index in [1.807, 2.05) is 18.7 Å². The Morgan fingerprint density at radius 1 is 1.29 bits per heavy atom. The van der Waals surface area contributed by atoms with Crippen LogP contribution in [0.5, 0.6) is 0 Å². The van der Waals surface area contributed by atoms with Crippen LogP contribution in [0.15, 0.2) is 24.3 Å². The summed E-state index contributed by atoms with van der Waals surface area (Å²) in [4.78, 5) is 25.5. The normalized spacial score (nSPS) is 22.8. The number of amides is 2. The summed E-state index contributed by atoms with van der Waals surface area (Å²) in [5.41, 5.74) is 6.06. The highest BCUT2D eigenvalue weighted by Crippen LogP contribution is 2.15. The molecule has 0 radical (unpaired) electrons. The smallest absolute Gasteiger partial charge is 0.250 e. The molecule has 2 rings (SSSR count). The largest absolute Gasteiger partial charge is 0.373 e. The van der Waals surface area contributed by atoms with Crippen LogP contribution in [0.3, 0.4) is 0 Å². The van der Waals surface area contributed by atoms with Gasteiger partial charge in [0.25, 0.3) is 5.91 Å². The average Bonchev–Trinajstić information content (AvgIpc) is 2.37. The van der Waals surface area contributed by atoms with Gasteiger partial charge in [0.05, 0.1) is 30.0 Å². The number of carbonyl (C=O) groups excluding carboxylic acids is 2. The summed E-state index contributed by atoms with van der Waals surface area (Å²) >= 11 is 0. The molecule has 21 heavy (non-hydrogen) atoms. The van der Waals surface area contributed by atoms with Crippen molar-refractivity contribution in [1.82, 2.24) is 4.90 Å². The van der Waals surface area contributed by atoms with E-state index in [9.17, 15) is 9.59 Å². The summed E-state index contributed by atoms with van der Waals surface area (Å²) in [5, 5.41) is 2.75. The maximum atomic E-state index is 12.1. The van der Waals surface area contributed by atoms with E-state index in [-0.39, 0.29) is 24.7 Å². The number of primary amides is 1. The van der Waals surface area contributed by atoms with Gasteiger partial charge < -0.3 is 15.8 Å². The number of hydrogen-bond donors (Lipinski definition) is 2. The summed E-state index contributed by atoms with van der Waals surface area (Å²) < 4.78 is 5.63. The highest BCUT2D eigenvalue weighted by Gasteiger charge is 2.24. The van der Waals surface area contributed by atoms with Crippen LogP contribution in [0.4, 0.5) is 5.69 Å². The summed E-state index contributed by atoms with van der Waals surface area (Å²) in [6.07, 6.45) is 0.221. The van der Waals surface area contributed by atoms with Crippen LogP contribution in [-0.2, 0) is 9.53 Å². The number of nitrogens with one attached hydrogen (secondary N) is 1. The molecule has 1 aromatic rings. The van der Waals surface area contributed by atoms with Gasteiger partial charge in [0.2, 0.25) is 5.91 Å². The van der Waals surface area contributed by atoms with Crippen molar-refractivity contribution < 1.29 is 14.3 Å². The minimum atomic E-state index is -0.556. The Morgan fingerprint density at radius 3 is 2.52 bits per heavy atom. The molecular weight excluding hydrogens is 270 g/mol. The van der Waals surface area contributed by atoms with Gasteiger partial charge in [-0.25, -0.2) is 0 Å².